The van der Waals surface area contributed by atoms with Crippen LogP contribution in [0.1, 0.15) is 36.5 Å². The number of amides is 2. The van der Waals surface area contributed by atoms with Crippen LogP contribution < -0.4 is 5.32 Å². The standard InChI is InChI=1S/C22H28FN3O/c1-3-25(2)15-18-8-6-7-17(13-18)14-24-22(27)26(20-11-12-20)16-19-9-4-5-10-21(19)23/h4-10,13,20H,3,11-12,14-16H2,1-2H3,(H,24,27). The molecule has 4 nitrogen and oxygen atoms in total. The molecule has 2 amide bonds. The van der Waals surface area contributed by atoms with Crippen LogP contribution in [0.3, 0.4) is 0 Å². The number of halogens is 1. The topological polar surface area (TPSA) is 35.6 Å². The Morgan fingerprint density at radius 2 is 1.85 bits per heavy atom. The van der Waals surface area contributed by atoms with Gasteiger partial charge in [0.25, 0.3) is 0 Å². The molecule has 2 aromatic carbocycles. The Kier molecular flexibility index (Phi) is 6.45. The lowest BCUT2D eigenvalue weighted by molar-refractivity contribution is 0.191. The fourth-order valence-corrected chi connectivity index (χ4v) is 3.10. The lowest BCUT2D eigenvalue weighted by Gasteiger charge is -2.23. The number of rotatable bonds is 8. The number of carbonyl (C=O) groups excluding carboxylic acids is 1. The maximum atomic E-state index is 14.0. The Balaban J connectivity index is 1.60. The van der Waals surface area contributed by atoms with Gasteiger partial charge in [-0.05, 0) is 43.6 Å². The van der Waals surface area contributed by atoms with Crippen LogP contribution in [0.2, 0.25) is 0 Å². The number of carbonyl (C=O) groups is 1. The summed E-state index contributed by atoms with van der Waals surface area (Å²) in [6.45, 7) is 4.80. The monoisotopic (exact) mass is 369 g/mol. The molecule has 0 aromatic heterocycles. The van der Waals surface area contributed by atoms with Crippen LogP contribution in [-0.2, 0) is 19.6 Å². The zero-order chi connectivity index (χ0) is 19.2. The summed E-state index contributed by atoms with van der Waals surface area (Å²) in [6, 6.07) is 15.0. The van der Waals surface area contributed by atoms with Gasteiger partial charge in [0.1, 0.15) is 5.82 Å². The predicted molar refractivity (Wildman–Crippen MR) is 106 cm³/mol. The predicted octanol–water partition coefficient (Wildman–Crippen LogP) is 4.15. The first-order valence-electron chi connectivity index (χ1n) is 9.61. The molecule has 1 N–H and O–H groups in total. The average Bonchev–Trinajstić information content (AvgIpc) is 3.50. The highest BCUT2D eigenvalue weighted by Gasteiger charge is 2.32. The fraction of sp³-hybridized carbons (Fsp3) is 0.409. The molecule has 0 heterocycles. The van der Waals surface area contributed by atoms with Gasteiger partial charge in [0, 0.05) is 24.7 Å². The van der Waals surface area contributed by atoms with E-state index >= 15 is 0 Å². The van der Waals surface area contributed by atoms with Crippen LogP contribution in [-0.4, -0.2) is 35.5 Å². The van der Waals surface area contributed by atoms with Gasteiger partial charge in [0.15, 0.2) is 0 Å². The molecule has 1 aliphatic carbocycles. The van der Waals surface area contributed by atoms with Crippen molar-refractivity contribution in [3.8, 4) is 0 Å². The van der Waals surface area contributed by atoms with Gasteiger partial charge < -0.3 is 15.1 Å². The molecule has 5 heteroatoms. The van der Waals surface area contributed by atoms with Crippen molar-refractivity contribution in [1.82, 2.24) is 15.1 Å². The lowest BCUT2D eigenvalue weighted by Crippen LogP contribution is -2.40. The minimum Gasteiger partial charge on any atom is -0.334 e. The molecular weight excluding hydrogens is 341 g/mol. The zero-order valence-corrected chi connectivity index (χ0v) is 16.1. The van der Waals surface area contributed by atoms with Crippen LogP contribution >= 0.6 is 0 Å². The number of hydrogen-bond donors (Lipinski definition) is 1. The van der Waals surface area contributed by atoms with Gasteiger partial charge >= 0.3 is 6.03 Å². The van der Waals surface area contributed by atoms with E-state index in [1.54, 1.807) is 23.1 Å². The van der Waals surface area contributed by atoms with Crippen LogP contribution in [0.25, 0.3) is 0 Å². The molecule has 1 fully saturated rings. The number of urea groups is 1. The second-order valence-corrected chi connectivity index (χ2v) is 7.26. The third kappa shape index (κ3) is 5.54. The average molecular weight is 369 g/mol. The summed E-state index contributed by atoms with van der Waals surface area (Å²) in [7, 11) is 2.09. The van der Waals surface area contributed by atoms with Crippen LogP contribution in [0.15, 0.2) is 48.5 Å². The maximum Gasteiger partial charge on any atom is 0.318 e. The highest BCUT2D eigenvalue weighted by molar-refractivity contribution is 5.75. The molecule has 3 rings (SSSR count). The number of benzene rings is 2. The Hall–Kier alpha value is -2.40. The van der Waals surface area contributed by atoms with Gasteiger partial charge in [-0.3, -0.25) is 0 Å². The third-order valence-electron chi connectivity index (χ3n) is 4.97. The molecule has 1 aliphatic rings. The number of nitrogens with zero attached hydrogens (tertiary/aromatic N) is 2. The second-order valence-electron chi connectivity index (χ2n) is 7.26. The molecule has 0 atom stereocenters. The van der Waals surface area contributed by atoms with E-state index in [1.807, 2.05) is 12.1 Å². The van der Waals surface area contributed by atoms with E-state index in [0.717, 1.165) is 31.5 Å². The molecule has 1 saturated carbocycles. The van der Waals surface area contributed by atoms with E-state index < -0.39 is 0 Å². The van der Waals surface area contributed by atoms with E-state index in [0.29, 0.717) is 18.7 Å². The van der Waals surface area contributed by atoms with Crippen molar-refractivity contribution in [1.29, 1.82) is 0 Å². The van der Waals surface area contributed by atoms with Crippen molar-refractivity contribution >= 4 is 6.03 Å². The van der Waals surface area contributed by atoms with E-state index in [4.69, 9.17) is 0 Å². The first kappa shape index (κ1) is 19.4. The summed E-state index contributed by atoms with van der Waals surface area (Å²) >= 11 is 0. The Morgan fingerprint density at radius 1 is 1.11 bits per heavy atom. The molecule has 0 bridgehead atoms. The first-order chi connectivity index (χ1) is 13.1. The Labute approximate surface area is 161 Å². The highest BCUT2D eigenvalue weighted by Crippen LogP contribution is 2.28. The van der Waals surface area contributed by atoms with Gasteiger partial charge in [0.2, 0.25) is 0 Å². The molecular formula is C22H28FN3O. The van der Waals surface area contributed by atoms with Crippen LogP contribution in [0.5, 0.6) is 0 Å². The minimum atomic E-state index is -0.260. The van der Waals surface area contributed by atoms with Crippen LogP contribution in [0.4, 0.5) is 9.18 Å². The summed E-state index contributed by atoms with van der Waals surface area (Å²) in [6.07, 6.45) is 1.97. The molecule has 144 valence electrons. The molecule has 0 radical (unpaired) electrons. The van der Waals surface area contributed by atoms with Crippen LogP contribution in [0, 0.1) is 5.82 Å². The number of hydrogen-bond acceptors (Lipinski definition) is 2. The quantitative estimate of drug-likeness (QED) is 0.759. The number of nitrogens with one attached hydrogen (secondary N) is 1. The van der Waals surface area contributed by atoms with Crippen molar-refractivity contribution in [2.45, 2.75) is 45.4 Å². The minimum absolute atomic E-state index is 0.128. The molecule has 0 spiro atoms. The van der Waals surface area contributed by atoms with Crippen molar-refractivity contribution in [3.05, 3.63) is 71.0 Å². The Bertz CT molecular complexity index is 776. The Morgan fingerprint density at radius 3 is 2.56 bits per heavy atom. The van der Waals surface area contributed by atoms with Crippen molar-refractivity contribution in [2.75, 3.05) is 13.6 Å². The molecule has 0 saturated heterocycles. The second kappa shape index (κ2) is 9.00. The molecule has 27 heavy (non-hydrogen) atoms. The van der Waals surface area contributed by atoms with Gasteiger partial charge in [-0.25, -0.2) is 9.18 Å². The summed E-state index contributed by atoms with van der Waals surface area (Å²) < 4.78 is 14.0. The molecule has 0 aliphatic heterocycles. The summed E-state index contributed by atoms with van der Waals surface area (Å²) in [5.41, 5.74) is 2.87. The summed E-state index contributed by atoms with van der Waals surface area (Å²) in [5, 5.41) is 3.01. The summed E-state index contributed by atoms with van der Waals surface area (Å²) in [4.78, 5) is 16.7. The van der Waals surface area contributed by atoms with Gasteiger partial charge in [-0.1, -0.05) is 49.4 Å². The van der Waals surface area contributed by atoms with Gasteiger partial charge in [-0.2, -0.15) is 0 Å². The van der Waals surface area contributed by atoms with Gasteiger partial charge in [-0.15, -0.1) is 0 Å². The largest absolute Gasteiger partial charge is 0.334 e. The first-order valence-corrected chi connectivity index (χ1v) is 9.61. The third-order valence-corrected chi connectivity index (χ3v) is 4.97. The SMILES string of the molecule is CCN(C)Cc1cccc(CNC(=O)N(Cc2ccccc2F)C2CC2)c1. The van der Waals surface area contributed by atoms with Gasteiger partial charge in [0.05, 0.1) is 6.54 Å². The van der Waals surface area contributed by atoms with Crippen molar-refractivity contribution in [3.63, 3.8) is 0 Å². The normalized spacial score (nSPS) is 13.6. The smallest absolute Gasteiger partial charge is 0.318 e. The van der Waals surface area contributed by atoms with E-state index in [9.17, 15) is 9.18 Å². The van der Waals surface area contributed by atoms with E-state index in [2.05, 4.69) is 36.3 Å². The zero-order valence-electron chi connectivity index (χ0n) is 16.1. The molecule has 2 aromatic rings. The van der Waals surface area contributed by atoms with Crippen molar-refractivity contribution < 1.29 is 9.18 Å². The fourth-order valence-electron chi connectivity index (χ4n) is 3.10. The highest BCUT2D eigenvalue weighted by atomic mass is 19.1. The van der Waals surface area contributed by atoms with Crippen molar-refractivity contribution in [2.24, 2.45) is 0 Å². The van der Waals surface area contributed by atoms with E-state index in [-0.39, 0.29) is 17.9 Å². The lowest BCUT2D eigenvalue weighted by atomic mass is 10.1. The van der Waals surface area contributed by atoms with E-state index in [1.165, 1.54) is 11.6 Å². The maximum absolute atomic E-state index is 14.0. The molecule has 0 unspecified atom stereocenters. The summed E-state index contributed by atoms with van der Waals surface area (Å²) in [5.74, 6) is -0.260.